The van der Waals surface area contributed by atoms with Gasteiger partial charge in [-0.2, -0.15) is 0 Å². The van der Waals surface area contributed by atoms with Gasteiger partial charge in [0.25, 0.3) is 0 Å². The Bertz CT molecular complexity index is 170. The highest BCUT2D eigenvalue weighted by Gasteiger charge is 2.16. The van der Waals surface area contributed by atoms with Crippen LogP contribution in [0.25, 0.3) is 0 Å². The topological polar surface area (TPSA) is 12.0 Å². The van der Waals surface area contributed by atoms with Gasteiger partial charge in [-0.3, -0.25) is 0 Å². The van der Waals surface area contributed by atoms with Crippen LogP contribution < -0.4 is 5.32 Å². The molecule has 0 radical (unpaired) electrons. The standard InChI is InChI=1S/C16H33N/c1-4-17-16(12-10-14(2)3)13-11-15-8-6-5-7-9-15/h14-17H,4-13H2,1-3H3. The van der Waals surface area contributed by atoms with E-state index in [9.17, 15) is 0 Å². The monoisotopic (exact) mass is 239 g/mol. The van der Waals surface area contributed by atoms with Gasteiger partial charge in [0, 0.05) is 6.04 Å². The van der Waals surface area contributed by atoms with Crippen molar-refractivity contribution in [2.75, 3.05) is 6.54 Å². The molecule has 0 spiro atoms. The van der Waals surface area contributed by atoms with Gasteiger partial charge in [-0.25, -0.2) is 0 Å². The van der Waals surface area contributed by atoms with Crippen LogP contribution in [0.2, 0.25) is 0 Å². The van der Waals surface area contributed by atoms with Gasteiger partial charge in [-0.05, 0) is 44.1 Å². The van der Waals surface area contributed by atoms with E-state index in [1.165, 1.54) is 57.8 Å². The fourth-order valence-corrected chi connectivity index (χ4v) is 3.08. The van der Waals surface area contributed by atoms with Crippen LogP contribution in [0.15, 0.2) is 0 Å². The number of rotatable bonds is 8. The van der Waals surface area contributed by atoms with Gasteiger partial charge in [0.15, 0.2) is 0 Å². The van der Waals surface area contributed by atoms with Crippen LogP contribution in [0.1, 0.15) is 78.6 Å². The zero-order valence-corrected chi connectivity index (χ0v) is 12.3. The van der Waals surface area contributed by atoms with E-state index in [2.05, 4.69) is 26.1 Å². The Labute approximate surface area is 109 Å². The molecule has 1 heteroatoms. The van der Waals surface area contributed by atoms with E-state index < -0.39 is 0 Å². The first-order chi connectivity index (χ1) is 8.22. The van der Waals surface area contributed by atoms with E-state index in [4.69, 9.17) is 0 Å². The summed E-state index contributed by atoms with van der Waals surface area (Å²) in [5.74, 6) is 1.90. The molecular formula is C16H33N. The third-order valence-electron chi connectivity index (χ3n) is 4.23. The maximum Gasteiger partial charge on any atom is 0.00671 e. The molecule has 1 aliphatic rings. The molecule has 1 N–H and O–H groups in total. The average Bonchev–Trinajstić information content (AvgIpc) is 2.34. The van der Waals surface area contributed by atoms with Crippen LogP contribution in [0.5, 0.6) is 0 Å². The molecule has 1 rings (SSSR count). The molecular weight excluding hydrogens is 206 g/mol. The molecule has 0 aromatic rings. The number of hydrogen-bond donors (Lipinski definition) is 1. The van der Waals surface area contributed by atoms with Crippen LogP contribution >= 0.6 is 0 Å². The lowest BCUT2D eigenvalue weighted by molar-refractivity contribution is 0.305. The molecule has 1 fully saturated rings. The predicted molar refractivity (Wildman–Crippen MR) is 77.3 cm³/mol. The van der Waals surface area contributed by atoms with Crippen LogP contribution in [0.3, 0.4) is 0 Å². The molecule has 1 atom stereocenters. The Hall–Kier alpha value is -0.0400. The van der Waals surface area contributed by atoms with Gasteiger partial charge in [-0.15, -0.1) is 0 Å². The van der Waals surface area contributed by atoms with E-state index in [1.807, 2.05) is 0 Å². The Morgan fingerprint density at radius 1 is 1.00 bits per heavy atom. The zero-order valence-electron chi connectivity index (χ0n) is 12.3. The van der Waals surface area contributed by atoms with Crippen LogP contribution in [-0.4, -0.2) is 12.6 Å². The minimum Gasteiger partial charge on any atom is -0.314 e. The number of nitrogens with one attached hydrogen (secondary N) is 1. The van der Waals surface area contributed by atoms with E-state index in [-0.39, 0.29) is 0 Å². The quantitative estimate of drug-likeness (QED) is 0.644. The fourth-order valence-electron chi connectivity index (χ4n) is 3.08. The molecule has 0 heterocycles. The molecule has 0 aliphatic heterocycles. The molecule has 1 unspecified atom stereocenters. The normalized spacial score (nSPS) is 19.8. The Morgan fingerprint density at radius 3 is 2.29 bits per heavy atom. The predicted octanol–water partition coefficient (Wildman–Crippen LogP) is 4.76. The van der Waals surface area contributed by atoms with Gasteiger partial charge in [0.2, 0.25) is 0 Å². The lowest BCUT2D eigenvalue weighted by Crippen LogP contribution is -2.30. The lowest BCUT2D eigenvalue weighted by Gasteiger charge is -2.25. The summed E-state index contributed by atoms with van der Waals surface area (Å²) < 4.78 is 0. The minimum absolute atomic E-state index is 0.782. The third-order valence-corrected chi connectivity index (χ3v) is 4.23. The van der Waals surface area contributed by atoms with Crippen LogP contribution in [0, 0.1) is 11.8 Å². The average molecular weight is 239 g/mol. The highest BCUT2D eigenvalue weighted by molar-refractivity contribution is 4.72. The summed E-state index contributed by atoms with van der Waals surface area (Å²) in [6, 6.07) is 0.782. The van der Waals surface area contributed by atoms with Crippen molar-refractivity contribution in [2.24, 2.45) is 11.8 Å². The summed E-state index contributed by atoms with van der Waals surface area (Å²) in [5, 5.41) is 3.68. The highest BCUT2D eigenvalue weighted by Crippen LogP contribution is 2.28. The molecule has 0 bridgehead atoms. The molecule has 0 amide bonds. The lowest BCUT2D eigenvalue weighted by atomic mass is 9.84. The molecule has 1 saturated carbocycles. The minimum atomic E-state index is 0.782. The van der Waals surface area contributed by atoms with Crippen molar-refractivity contribution in [1.29, 1.82) is 0 Å². The van der Waals surface area contributed by atoms with Gasteiger partial charge in [-0.1, -0.05) is 52.9 Å². The van der Waals surface area contributed by atoms with Crippen molar-refractivity contribution >= 4 is 0 Å². The fraction of sp³-hybridized carbons (Fsp3) is 1.00. The van der Waals surface area contributed by atoms with Crippen molar-refractivity contribution in [1.82, 2.24) is 5.32 Å². The maximum atomic E-state index is 3.68. The van der Waals surface area contributed by atoms with Gasteiger partial charge >= 0.3 is 0 Å². The molecule has 1 nitrogen and oxygen atoms in total. The molecule has 0 saturated heterocycles. The second-order valence-electron chi connectivity index (χ2n) is 6.31. The van der Waals surface area contributed by atoms with E-state index in [0.29, 0.717) is 0 Å². The van der Waals surface area contributed by atoms with Gasteiger partial charge in [0.1, 0.15) is 0 Å². The summed E-state index contributed by atoms with van der Waals surface area (Å²) in [7, 11) is 0. The number of hydrogen-bond acceptors (Lipinski definition) is 1. The smallest absolute Gasteiger partial charge is 0.00671 e. The van der Waals surface area contributed by atoms with E-state index in [0.717, 1.165) is 24.4 Å². The second kappa shape index (κ2) is 8.97. The van der Waals surface area contributed by atoms with Crippen LogP contribution in [-0.2, 0) is 0 Å². The summed E-state index contributed by atoms with van der Waals surface area (Å²) >= 11 is 0. The maximum absolute atomic E-state index is 3.68. The van der Waals surface area contributed by atoms with Crippen molar-refractivity contribution in [3.63, 3.8) is 0 Å². The second-order valence-corrected chi connectivity index (χ2v) is 6.31. The summed E-state index contributed by atoms with van der Waals surface area (Å²) in [6.45, 7) is 8.05. The third kappa shape index (κ3) is 7.08. The highest BCUT2D eigenvalue weighted by atomic mass is 14.9. The van der Waals surface area contributed by atoms with Gasteiger partial charge < -0.3 is 5.32 Å². The first-order valence-electron chi connectivity index (χ1n) is 7.95. The van der Waals surface area contributed by atoms with Crippen molar-refractivity contribution in [2.45, 2.75) is 84.6 Å². The zero-order chi connectivity index (χ0) is 12.5. The first-order valence-corrected chi connectivity index (χ1v) is 7.95. The molecule has 0 aromatic heterocycles. The van der Waals surface area contributed by atoms with E-state index in [1.54, 1.807) is 0 Å². The summed E-state index contributed by atoms with van der Waals surface area (Å²) in [4.78, 5) is 0. The van der Waals surface area contributed by atoms with Crippen molar-refractivity contribution in [3.05, 3.63) is 0 Å². The van der Waals surface area contributed by atoms with Gasteiger partial charge in [0.05, 0.1) is 0 Å². The Morgan fingerprint density at radius 2 is 1.71 bits per heavy atom. The van der Waals surface area contributed by atoms with Crippen molar-refractivity contribution < 1.29 is 0 Å². The van der Waals surface area contributed by atoms with Crippen LogP contribution in [0.4, 0.5) is 0 Å². The first kappa shape index (κ1) is 15.0. The van der Waals surface area contributed by atoms with Crippen molar-refractivity contribution in [3.8, 4) is 0 Å². The Kier molecular flexibility index (Phi) is 7.92. The summed E-state index contributed by atoms with van der Waals surface area (Å²) in [6.07, 6.45) is 13.1. The van der Waals surface area contributed by atoms with E-state index >= 15 is 0 Å². The molecule has 17 heavy (non-hydrogen) atoms. The SMILES string of the molecule is CCNC(CCC(C)C)CCC1CCCCC1. The Balaban J connectivity index is 2.17. The largest absolute Gasteiger partial charge is 0.314 e. The molecule has 0 aromatic carbocycles. The summed E-state index contributed by atoms with van der Waals surface area (Å²) in [5.41, 5.74) is 0. The molecule has 102 valence electrons. The molecule has 1 aliphatic carbocycles.